The molecule has 10 heteroatoms. The summed E-state index contributed by atoms with van der Waals surface area (Å²) in [7, 11) is -0.0155. The fourth-order valence-corrected chi connectivity index (χ4v) is 3.96. The number of aliphatic hydroxyl groups excluding tert-OH is 1. The van der Waals surface area contributed by atoms with Gasteiger partial charge in [-0.1, -0.05) is 0 Å². The van der Waals surface area contributed by atoms with Crippen molar-refractivity contribution < 1.29 is 13.5 Å². The van der Waals surface area contributed by atoms with Crippen LogP contribution in [0.4, 0.5) is 5.95 Å². The molecule has 0 spiro atoms. The van der Waals surface area contributed by atoms with Crippen LogP contribution in [-0.2, 0) is 10.0 Å². The predicted octanol–water partition coefficient (Wildman–Crippen LogP) is -1.55. The van der Waals surface area contributed by atoms with E-state index in [0.29, 0.717) is 13.0 Å². The van der Waals surface area contributed by atoms with E-state index in [2.05, 4.69) is 15.4 Å². The molecule has 9 nitrogen and oxygen atoms in total. The Bertz CT molecular complexity index is 576. The van der Waals surface area contributed by atoms with Gasteiger partial charge < -0.3 is 10.0 Å². The Labute approximate surface area is 123 Å². The highest BCUT2D eigenvalue weighted by Crippen LogP contribution is 2.26. The minimum atomic E-state index is -3.74. The maximum absolute atomic E-state index is 12.6. The molecule has 2 unspecified atom stereocenters. The average molecular weight is 316 g/mol. The van der Waals surface area contributed by atoms with E-state index < -0.39 is 16.1 Å². The summed E-state index contributed by atoms with van der Waals surface area (Å²) >= 11 is 0. The smallest absolute Gasteiger partial charge is 0.246 e. The maximum Gasteiger partial charge on any atom is 0.246 e. The first kappa shape index (κ1) is 16.0. The predicted molar refractivity (Wildman–Crippen MR) is 76.7 cm³/mol. The van der Waals surface area contributed by atoms with Crippen LogP contribution in [-0.4, -0.2) is 72.0 Å². The molecular formula is C11H20N6O3S. The van der Waals surface area contributed by atoms with Crippen LogP contribution in [0.15, 0.2) is 17.3 Å². The van der Waals surface area contributed by atoms with Gasteiger partial charge in [0.25, 0.3) is 0 Å². The average Bonchev–Trinajstić information content (AvgIpc) is 2.79. The van der Waals surface area contributed by atoms with Crippen LogP contribution < -0.4 is 11.3 Å². The molecule has 118 valence electrons. The Morgan fingerprint density at radius 3 is 2.62 bits per heavy atom. The Morgan fingerprint density at radius 1 is 1.48 bits per heavy atom. The zero-order chi connectivity index (χ0) is 15.6. The van der Waals surface area contributed by atoms with Crippen molar-refractivity contribution in [3.63, 3.8) is 0 Å². The number of nitrogens with zero attached hydrogens (tertiary/aromatic N) is 4. The monoisotopic (exact) mass is 316 g/mol. The first-order valence-corrected chi connectivity index (χ1v) is 7.92. The van der Waals surface area contributed by atoms with Crippen LogP contribution in [0.3, 0.4) is 0 Å². The van der Waals surface area contributed by atoms with Gasteiger partial charge in [0.2, 0.25) is 16.0 Å². The van der Waals surface area contributed by atoms with Gasteiger partial charge in [-0.05, 0) is 20.5 Å². The lowest BCUT2D eigenvalue weighted by molar-refractivity contribution is 0.188. The molecule has 0 aromatic carbocycles. The normalized spacial score (nSPS) is 23.7. The lowest BCUT2D eigenvalue weighted by Crippen LogP contribution is -2.41. The highest BCUT2D eigenvalue weighted by atomic mass is 32.2. The molecule has 0 aliphatic carbocycles. The SMILES string of the molecule is CN(C)CC1CC(O)CN1S(=O)(=O)c1cnc(NN)nc1. The lowest BCUT2D eigenvalue weighted by Gasteiger charge is -2.25. The van der Waals surface area contributed by atoms with Crippen molar-refractivity contribution in [2.75, 3.05) is 32.6 Å². The second-order valence-corrected chi connectivity index (χ2v) is 7.16. The Balaban J connectivity index is 2.27. The van der Waals surface area contributed by atoms with E-state index in [1.807, 2.05) is 19.0 Å². The number of sulfonamides is 1. The molecule has 4 N–H and O–H groups in total. The summed E-state index contributed by atoms with van der Waals surface area (Å²) in [6.07, 6.45) is 2.17. The molecule has 1 fully saturated rings. The van der Waals surface area contributed by atoms with Crippen molar-refractivity contribution in [3.05, 3.63) is 12.4 Å². The van der Waals surface area contributed by atoms with Gasteiger partial charge in [0.05, 0.1) is 18.5 Å². The Morgan fingerprint density at radius 2 is 2.10 bits per heavy atom. The number of aromatic nitrogens is 2. The van der Waals surface area contributed by atoms with Gasteiger partial charge in [-0.2, -0.15) is 4.31 Å². The zero-order valence-corrected chi connectivity index (χ0v) is 12.8. The molecule has 1 saturated heterocycles. The number of aliphatic hydroxyl groups is 1. The number of hydrogen-bond acceptors (Lipinski definition) is 8. The van der Waals surface area contributed by atoms with Crippen LogP contribution in [0.5, 0.6) is 0 Å². The van der Waals surface area contributed by atoms with Gasteiger partial charge in [0, 0.05) is 19.1 Å². The highest BCUT2D eigenvalue weighted by Gasteiger charge is 2.40. The van der Waals surface area contributed by atoms with Crippen molar-refractivity contribution in [2.24, 2.45) is 5.84 Å². The fourth-order valence-electron chi connectivity index (χ4n) is 2.40. The number of nitrogen functional groups attached to an aromatic ring is 1. The number of rotatable bonds is 5. The number of anilines is 1. The van der Waals surface area contributed by atoms with Gasteiger partial charge in [0.1, 0.15) is 4.90 Å². The van der Waals surface area contributed by atoms with Crippen LogP contribution >= 0.6 is 0 Å². The highest BCUT2D eigenvalue weighted by molar-refractivity contribution is 7.89. The van der Waals surface area contributed by atoms with Crippen LogP contribution in [0.2, 0.25) is 0 Å². The summed E-state index contributed by atoms with van der Waals surface area (Å²) in [4.78, 5) is 9.51. The van der Waals surface area contributed by atoms with E-state index in [4.69, 9.17) is 5.84 Å². The van der Waals surface area contributed by atoms with Gasteiger partial charge in [0.15, 0.2) is 0 Å². The third-order valence-corrected chi connectivity index (χ3v) is 5.15. The van der Waals surface area contributed by atoms with E-state index in [9.17, 15) is 13.5 Å². The minimum Gasteiger partial charge on any atom is -0.392 e. The quantitative estimate of drug-likeness (QED) is 0.440. The zero-order valence-electron chi connectivity index (χ0n) is 12.0. The largest absolute Gasteiger partial charge is 0.392 e. The standard InChI is InChI=1S/C11H20N6O3S/c1-16(2)6-8-3-9(18)7-17(8)21(19,20)10-4-13-11(15-12)14-5-10/h4-5,8-9,18H,3,6-7,12H2,1-2H3,(H,13,14,15). The van der Waals surface area contributed by atoms with E-state index >= 15 is 0 Å². The van der Waals surface area contributed by atoms with Crippen LogP contribution in [0.25, 0.3) is 0 Å². The summed E-state index contributed by atoms with van der Waals surface area (Å²) in [5, 5.41) is 9.79. The maximum atomic E-state index is 12.6. The summed E-state index contributed by atoms with van der Waals surface area (Å²) in [6, 6.07) is -0.271. The molecule has 0 radical (unpaired) electrons. The van der Waals surface area contributed by atoms with Crippen LogP contribution in [0, 0.1) is 0 Å². The summed E-state index contributed by atoms with van der Waals surface area (Å²) in [5.41, 5.74) is 2.24. The van der Waals surface area contributed by atoms with Crippen molar-refractivity contribution >= 4 is 16.0 Å². The molecule has 21 heavy (non-hydrogen) atoms. The molecule has 0 bridgehead atoms. The Hall–Kier alpha value is -1.33. The first-order valence-electron chi connectivity index (χ1n) is 6.48. The Kier molecular flexibility index (Phi) is 4.74. The number of nitrogens with two attached hydrogens (primary N) is 1. The molecule has 0 amide bonds. The molecule has 1 aromatic heterocycles. The fraction of sp³-hybridized carbons (Fsp3) is 0.636. The number of likely N-dealkylation sites (N-methyl/N-ethyl adjacent to an activating group) is 1. The third kappa shape index (κ3) is 3.47. The third-order valence-electron chi connectivity index (χ3n) is 3.28. The van der Waals surface area contributed by atoms with E-state index in [-0.39, 0.29) is 23.4 Å². The van der Waals surface area contributed by atoms with Crippen molar-refractivity contribution in [3.8, 4) is 0 Å². The minimum absolute atomic E-state index is 0.0145. The number of hydrazine groups is 1. The van der Waals surface area contributed by atoms with Crippen molar-refractivity contribution in [1.29, 1.82) is 0 Å². The number of nitrogens with one attached hydrogen (secondary N) is 1. The molecule has 2 rings (SSSR count). The van der Waals surface area contributed by atoms with E-state index in [1.165, 1.54) is 16.7 Å². The molecule has 1 aliphatic rings. The van der Waals surface area contributed by atoms with Gasteiger partial charge in [-0.25, -0.2) is 24.2 Å². The van der Waals surface area contributed by atoms with Gasteiger partial charge in [-0.3, -0.25) is 5.43 Å². The topological polar surface area (TPSA) is 125 Å². The summed E-state index contributed by atoms with van der Waals surface area (Å²) < 4.78 is 26.6. The second-order valence-electron chi connectivity index (χ2n) is 5.27. The summed E-state index contributed by atoms with van der Waals surface area (Å²) in [6.45, 7) is 0.622. The van der Waals surface area contributed by atoms with E-state index in [0.717, 1.165) is 0 Å². The molecule has 2 atom stereocenters. The van der Waals surface area contributed by atoms with E-state index in [1.54, 1.807) is 0 Å². The lowest BCUT2D eigenvalue weighted by atomic mass is 10.2. The molecule has 2 heterocycles. The first-order chi connectivity index (χ1) is 9.84. The van der Waals surface area contributed by atoms with Crippen LogP contribution in [0.1, 0.15) is 6.42 Å². The van der Waals surface area contributed by atoms with Crippen molar-refractivity contribution in [2.45, 2.75) is 23.5 Å². The van der Waals surface area contributed by atoms with Crippen molar-refractivity contribution in [1.82, 2.24) is 19.2 Å². The molecule has 1 aromatic rings. The molecule has 1 aliphatic heterocycles. The van der Waals surface area contributed by atoms with Gasteiger partial charge in [-0.15, -0.1) is 0 Å². The molecular weight excluding hydrogens is 296 g/mol. The summed E-state index contributed by atoms with van der Waals surface area (Å²) in [5.74, 6) is 5.29. The molecule has 0 saturated carbocycles. The number of β-amino-alcohol motifs (C(OH)–C–C–N with tert-alkyl or cyclic N) is 1. The van der Waals surface area contributed by atoms with Gasteiger partial charge >= 0.3 is 0 Å². The number of hydrogen-bond donors (Lipinski definition) is 3. The second kappa shape index (κ2) is 6.20.